The van der Waals surface area contributed by atoms with Gasteiger partial charge in [0.1, 0.15) is 17.4 Å². The van der Waals surface area contributed by atoms with Crippen LogP contribution in [0.5, 0.6) is 5.75 Å². The quantitative estimate of drug-likeness (QED) is 0.368. The van der Waals surface area contributed by atoms with E-state index in [1.807, 2.05) is 37.8 Å². The highest BCUT2D eigenvalue weighted by Crippen LogP contribution is 2.28. The zero-order valence-electron chi connectivity index (χ0n) is 26.7. The number of nitrogens with one attached hydrogen (secondary N) is 2. The van der Waals surface area contributed by atoms with Gasteiger partial charge in [0.15, 0.2) is 0 Å². The van der Waals surface area contributed by atoms with Crippen LogP contribution in [0.2, 0.25) is 5.02 Å². The molecular weight excluding hydrogens is 590 g/mol. The van der Waals surface area contributed by atoms with Gasteiger partial charge in [0.05, 0.1) is 16.7 Å². The highest BCUT2D eigenvalue weighted by Gasteiger charge is 2.29. The first-order valence-electron chi connectivity index (χ1n) is 16.3. The van der Waals surface area contributed by atoms with E-state index in [-0.39, 0.29) is 24.1 Å². The smallest absolute Gasteiger partial charge is 0.410 e. The number of halogens is 1. The van der Waals surface area contributed by atoms with Crippen molar-refractivity contribution in [2.24, 2.45) is 0 Å². The minimum Gasteiger partial charge on any atom is -0.490 e. The first-order chi connectivity index (χ1) is 21.6. The summed E-state index contributed by atoms with van der Waals surface area (Å²) in [5, 5.41) is 16.5. The van der Waals surface area contributed by atoms with E-state index >= 15 is 0 Å². The maximum atomic E-state index is 13.0. The van der Waals surface area contributed by atoms with Gasteiger partial charge in [0.2, 0.25) is 0 Å². The van der Waals surface area contributed by atoms with E-state index in [2.05, 4.69) is 33.7 Å². The van der Waals surface area contributed by atoms with Gasteiger partial charge in [-0.2, -0.15) is 5.26 Å². The van der Waals surface area contributed by atoms with Gasteiger partial charge in [-0.15, -0.1) is 0 Å². The Morgan fingerprint density at radius 2 is 1.49 bits per heavy atom. The number of piperidine rings is 2. The Morgan fingerprint density at radius 3 is 2.07 bits per heavy atom. The average molecular weight is 636 g/mol. The minimum absolute atomic E-state index is 0.0367. The Kier molecular flexibility index (Phi) is 10.8. The summed E-state index contributed by atoms with van der Waals surface area (Å²) in [6.45, 7) is 9.12. The molecule has 242 valence electrons. The predicted octanol–water partition coefficient (Wildman–Crippen LogP) is 6.29. The van der Waals surface area contributed by atoms with Gasteiger partial charge >= 0.3 is 6.09 Å². The third-order valence-corrected chi connectivity index (χ3v) is 9.29. The molecule has 9 nitrogen and oxygen atoms in total. The van der Waals surface area contributed by atoms with Gasteiger partial charge in [0, 0.05) is 61.6 Å². The largest absolute Gasteiger partial charge is 0.490 e. The lowest BCUT2D eigenvalue weighted by atomic mass is 9.92. The van der Waals surface area contributed by atoms with Crippen LogP contribution in [-0.4, -0.2) is 72.9 Å². The van der Waals surface area contributed by atoms with Crippen molar-refractivity contribution < 1.29 is 19.1 Å². The van der Waals surface area contributed by atoms with Crippen molar-refractivity contribution in [1.29, 1.82) is 5.26 Å². The van der Waals surface area contributed by atoms with Gasteiger partial charge < -0.3 is 29.9 Å². The van der Waals surface area contributed by atoms with Crippen molar-refractivity contribution in [2.75, 3.05) is 31.1 Å². The standard InChI is InChI=1S/C35H46ClN5O4/c1-35(2,3)45-34(43)41-20-16-28(17-21-41)38-27-14-18-40(19-15-27)29-9-4-24(5-10-29)33(42)39-26-7-12-30(13-8-26)44-31-11-6-25(23-37)32(36)22-31/h4-6,9-11,22,26-28,30,38H,7-8,12-21H2,1-3H3,(H,39,42). The fraction of sp³-hybridized carbons (Fsp3) is 0.571. The summed E-state index contributed by atoms with van der Waals surface area (Å²) < 4.78 is 11.6. The number of benzene rings is 2. The molecule has 1 saturated carbocycles. The van der Waals surface area contributed by atoms with Gasteiger partial charge in [-0.1, -0.05) is 11.6 Å². The number of nitrogens with zero attached hydrogens (tertiary/aromatic N) is 3. The lowest BCUT2D eigenvalue weighted by molar-refractivity contribution is 0.0195. The molecule has 2 aliphatic heterocycles. The molecule has 0 spiro atoms. The summed E-state index contributed by atoms with van der Waals surface area (Å²) in [7, 11) is 0. The number of nitriles is 1. The molecule has 2 aromatic carbocycles. The van der Waals surface area contributed by atoms with E-state index in [0.29, 0.717) is 34.0 Å². The number of carbonyl (C=O) groups is 2. The van der Waals surface area contributed by atoms with E-state index in [1.54, 1.807) is 18.2 Å². The highest BCUT2D eigenvalue weighted by atomic mass is 35.5. The van der Waals surface area contributed by atoms with Crippen molar-refractivity contribution in [2.45, 2.75) is 102 Å². The summed E-state index contributed by atoms with van der Waals surface area (Å²) in [4.78, 5) is 29.6. The monoisotopic (exact) mass is 635 g/mol. The van der Waals surface area contributed by atoms with Crippen molar-refractivity contribution >= 4 is 29.3 Å². The number of anilines is 1. The molecule has 2 aromatic rings. The van der Waals surface area contributed by atoms with Crippen LogP contribution >= 0.6 is 11.6 Å². The van der Waals surface area contributed by atoms with Crippen LogP contribution in [0.1, 0.15) is 88.1 Å². The number of amides is 2. The second-order valence-electron chi connectivity index (χ2n) is 13.5. The van der Waals surface area contributed by atoms with Crippen LogP contribution in [0.15, 0.2) is 42.5 Å². The van der Waals surface area contributed by atoms with Crippen LogP contribution < -0.4 is 20.3 Å². The summed E-state index contributed by atoms with van der Waals surface area (Å²) in [6.07, 6.45) is 7.29. The maximum Gasteiger partial charge on any atom is 0.410 e. The van der Waals surface area contributed by atoms with Gasteiger partial charge in [0.25, 0.3) is 5.91 Å². The second kappa shape index (κ2) is 14.7. The molecule has 2 saturated heterocycles. The van der Waals surface area contributed by atoms with Gasteiger partial charge in [-0.3, -0.25) is 4.79 Å². The van der Waals surface area contributed by atoms with E-state index in [4.69, 9.17) is 26.3 Å². The molecule has 10 heteroatoms. The Morgan fingerprint density at radius 1 is 0.867 bits per heavy atom. The molecule has 0 unspecified atom stereocenters. The topological polar surface area (TPSA) is 107 Å². The molecule has 3 aliphatic rings. The molecule has 2 amide bonds. The lowest BCUT2D eigenvalue weighted by Gasteiger charge is -2.38. The van der Waals surface area contributed by atoms with E-state index < -0.39 is 5.60 Å². The van der Waals surface area contributed by atoms with Crippen LogP contribution in [0.25, 0.3) is 0 Å². The van der Waals surface area contributed by atoms with Crippen LogP contribution in [-0.2, 0) is 4.74 Å². The van der Waals surface area contributed by atoms with Crippen LogP contribution in [0.4, 0.5) is 10.5 Å². The molecule has 3 fully saturated rings. The number of rotatable bonds is 7. The molecule has 2 heterocycles. The van der Waals surface area contributed by atoms with Crippen LogP contribution in [0, 0.1) is 11.3 Å². The molecule has 0 atom stereocenters. The van der Waals surface area contributed by atoms with Gasteiger partial charge in [-0.05, 0) is 109 Å². The molecular formula is C35H46ClN5O4. The molecule has 1 aliphatic carbocycles. The Bertz CT molecular complexity index is 1350. The van der Waals surface area contributed by atoms with E-state index in [1.165, 1.54) is 0 Å². The molecule has 0 aromatic heterocycles. The fourth-order valence-electron chi connectivity index (χ4n) is 6.46. The second-order valence-corrected chi connectivity index (χ2v) is 13.9. The predicted molar refractivity (Wildman–Crippen MR) is 176 cm³/mol. The third-order valence-electron chi connectivity index (χ3n) is 8.98. The van der Waals surface area contributed by atoms with Crippen molar-refractivity contribution in [1.82, 2.24) is 15.5 Å². The first-order valence-corrected chi connectivity index (χ1v) is 16.7. The Hall–Kier alpha value is -3.48. The molecule has 5 rings (SSSR count). The number of ether oxygens (including phenoxy) is 2. The molecule has 45 heavy (non-hydrogen) atoms. The summed E-state index contributed by atoms with van der Waals surface area (Å²) in [5.74, 6) is 0.634. The Balaban J connectivity index is 0.999. The minimum atomic E-state index is -0.463. The van der Waals surface area contributed by atoms with E-state index in [0.717, 1.165) is 83.2 Å². The summed E-state index contributed by atoms with van der Waals surface area (Å²) in [6, 6.07) is 16.2. The van der Waals surface area contributed by atoms with Crippen molar-refractivity contribution in [3.63, 3.8) is 0 Å². The molecule has 0 bridgehead atoms. The van der Waals surface area contributed by atoms with Crippen LogP contribution in [0.3, 0.4) is 0 Å². The normalized spacial score (nSPS) is 21.6. The first kappa shape index (κ1) is 32.9. The number of carbonyl (C=O) groups excluding carboxylic acids is 2. The zero-order valence-corrected chi connectivity index (χ0v) is 27.4. The number of hydrogen-bond donors (Lipinski definition) is 2. The number of hydrogen-bond acceptors (Lipinski definition) is 7. The lowest BCUT2D eigenvalue weighted by Crippen LogP contribution is -2.51. The molecule has 2 N–H and O–H groups in total. The number of likely N-dealkylation sites (tertiary alicyclic amines) is 1. The summed E-state index contributed by atoms with van der Waals surface area (Å²) in [5.41, 5.74) is 1.80. The zero-order chi connectivity index (χ0) is 32.0. The van der Waals surface area contributed by atoms with E-state index in [9.17, 15) is 9.59 Å². The fourth-order valence-corrected chi connectivity index (χ4v) is 6.68. The average Bonchev–Trinajstić information content (AvgIpc) is 3.02. The highest BCUT2D eigenvalue weighted by molar-refractivity contribution is 6.31. The maximum absolute atomic E-state index is 13.0. The molecule has 0 radical (unpaired) electrons. The van der Waals surface area contributed by atoms with Gasteiger partial charge in [-0.25, -0.2) is 4.79 Å². The summed E-state index contributed by atoms with van der Waals surface area (Å²) >= 11 is 6.13. The van der Waals surface area contributed by atoms with Crippen molar-refractivity contribution in [3.05, 3.63) is 58.6 Å². The SMILES string of the molecule is CC(C)(C)OC(=O)N1CCC(NC2CCN(c3ccc(C(=O)NC4CCC(Oc5ccc(C#N)c(Cl)c5)CC4)cc3)CC2)CC1. The Labute approximate surface area is 272 Å². The third kappa shape index (κ3) is 9.27. The van der Waals surface area contributed by atoms with Crippen molar-refractivity contribution in [3.8, 4) is 11.8 Å².